The number of nitrogens with zero attached hydrogens (tertiary/aromatic N) is 1. The molecular weight excluding hydrogens is 627 g/mol. The lowest BCUT2D eigenvalue weighted by atomic mass is 9.78. The smallest absolute Gasteiger partial charge is 0.0715 e. The minimum absolute atomic E-state index is 0.0133. The van der Waals surface area contributed by atoms with Crippen molar-refractivity contribution in [2.45, 2.75) is 105 Å². The van der Waals surface area contributed by atoms with E-state index in [-0.39, 0.29) is 21.7 Å². The predicted molar refractivity (Wildman–Crippen MR) is 226 cm³/mol. The third-order valence-electron chi connectivity index (χ3n) is 10.2. The van der Waals surface area contributed by atoms with Gasteiger partial charge in [0.1, 0.15) is 0 Å². The van der Waals surface area contributed by atoms with E-state index in [9.17, 15) is 0 Å². The standard InChI is InChI=1S/C51H57N/c1-48(2,3)42-26-39(27-43(32-42)49(4,5)6)36-23-37(40-28-44(50(7,8)9)33-45(29-40)51(10,11)12)25-38(24-36)41-30-46(34-19-15-13-16-20-34)52-47(31-41)35-21-17-14-18-22-35/h13-33H,1-12H3. The summed E-state index contributed by atoms with van der Waals surface area (Å²) >= 11 is 0. The van der Waals surface area contributed by atoms with Crippen LogP contribution < -0.4 is 0 Å². The van der Waals surface area contributed by atoms with Crippen molar-refractivity contribution < 1.29 is 0 Å². The van der Waals surface area contributed by atoms with E-state index in [0.717, 1.165) is 28.1 Å². The number of aromatic nitrogens is 1. The van der Waals surface area contributed by atoms with Gasteiger partial charge in [-0.2, -0.15) is 0 Å². The molecule has 0 aliphatic heterocycles. The molecule has 6 rings (SSSR count). The molecule has 1 heteroatoms. The second-order valence-electron chi connectivity index (χ2n) is 18.8. The molecule has 0 saturated carbocycles. The summed E-state index contributed by atoms with van der Waals surface area (Å²) in [6.07, 6.45) is 0. The van der Waals surface area contributed by atoms with Gasteiger partial charge in [-0.05, 0) is 108 Å². The molecule has 5 aromatic carbocycles. The summed E-state index contributed by atoms with van der Waals surface area (Å²) in [6.45, 7) is 27.8. The minimum atomic E-state index is 0.0133. The minimum Gasteiger partial charge on any atom is -0.248 e. The average Bonchev–Trinajstić information content (AvgIpc) is 3.10. The van der Waals surface area contributed by atoms with E-state index in [0.29, 0.717) is 0 Å². The van der Waals surface area contributed by atoms with Crippen LogP contribution in [-0.2, 0) is 21.7 Å². The summed E-state index contributed by atoms with van der Waals surface area (Å²) in [7, 11) is 0. The van der Waals surface area contributed by atoms with Crippen LogP contribution in [-0.4, -0.2) is 4.98 Å². The van der Waals surface area contributed by atoms with E-state index in [2.05, 4.69) is 210 Å². The molecule has 266 valence electrons. The highest BCUT2D eigenvalue weighted by molar-refractivity contribution is 5.85. The molecule has 0 atom stereocenters. The van der Waals surface area contributed by atoms with E-state index in [1.165, 1.54) is 50.1 Å². The fraction of sp³-hybridized carbons (Fsp3) is 0.314. The van der Waals surface area contributed by atoms with E-state index < -0.39 is 0 Å². The van der Waals surface area contributed by atoms with Gasteiger partial charge in [0.25, 0.3) is 0 Å². The Hall–Kier alpha value is -4.75. The van der Waals surface area contributed by atoms with Gasteiger partial charge in [-0.15, -0.1) is 0 Å². The van der Waals surface area contributed by atoms with Crippen LogP contribution in [0.1, 0.15) is 105 Å². The normalized spacial score (nSPS) is 12.6. The molecule has 0 unspecified atom stereocenters. The molecule has 0 spiro atoms. The zero-order chi connectivity index (χ0) is 37.6. The zero-order valence-electron chi connectivity index (χ0n) is 33.6. The second kappa shape index (κ2) is 13.7. The maximum atomic E-state index is 5.22. The summed E-state index contributed by atoms with van der Waals surface area (Å²) in [4.78, 5) is 5.22. The van der Waals surface area contributed by atoms with Crippen LogP contribution in [0.25, 0.3) is 55.9 Å². The van der Waals surface area contributed by atoms with Crippen molar-refractivity contribution >= 4 is 0 Å². The molecule has 0 N–H and O–H groups in total. The molecule has 0 aliphatic carbocycles. The Morgan fingerprint density at radius 3 is 0.788 bits per heavy atom. The number of benzene rings is 5. The monoisotopic (exact) mass is 683 g/mol. The van der Waals surface area contributed by atoms with Gasteiger partial charge in [0.15, 0.2) is 0 Å². The van der Waals surface area contributed by atoms with E-state index in [1.807, 2.05) is 0 Å². The second-order valence-corrected chi connectivity index (χ2v) is 18.8. The van der Waals surface area contributed by atoms with Gasteiger partial charge in [0.2, 0.25) is 0 Å². The third kappa shape index (κ3) is 8.31. The predicted octanol–water partition coefficient (Wildman–Crippen LogP) is 14.6. The maximum absolute atomic E-state index is 5.22. The molecule has 1 aromatic heterocycles. The molecule has 0 saturated heterocycles. The van der Waals surface area contributed by atoms with Gasteiger partial charge in [-0.25, -0.2) is 4.98 Å². The van der Waals surface area contributed by atoms with Crippen LogP contribution in [0.2, 0.25) is 0 Å². The van der Waals surface area contributed by atoms with Crippen LogP contribution in [0.5, 0.6) is 0 Å². The first kappa shape index (κ1) is 37.0. The Labute approximate surface area is 314 Å². The van der Waals surface area contributed by atoms with Crippen LogP contribution in [0, 0.1) is 0 Å². The number of hydrogen-bond acceptors (Lipinski definition) is 1. The summed E-state index contributed by atoms with van der Waals surface area (Å²) in [5, 5.41) is 0. The van der Waals surface area contributed by atoms with Crippen molar-refractivity contribution in [2.75, 3.05) is 0 Å². The lowest BCUT2D eigenvalue weighted by molar-refractivity contribution is 0.568. The van der Waals surface area contributed by atoms with E-state index in [4.69, 9.17) is 4.98 Å². The SMILES string of the molecule is CC(C)(C)c1cc(-c2cc(-c3cc(C(C)(C)C)cc(C(C)(C)C)c3)cc(-c3cc(-c4ccccc4)nc(-c4ccccc4)c3)c2)cc(C(C)(C)C)c1. The van der Waals surface area contributed by atoms with Gasteiger partial charge in [0.05, 0.1) is 11.4 Å². The topological polar surface area (TPSA) is 12.9 Å². The van der Waals surface area contributed by atoms with Crippen molar-refractivity contribution in [3.8, 4) is 55.9 Å². The van der Waals surface area contributed by atoms with Crippen LogP contribution in [0.15, 0.2) is 127 Å². The van der Waals surface area contributed by atoms with Crippen LogP contribution >= 0.6 is 0 Å². The van der Waals surface area contributed by atoms with Crippen molar-refractivity contribution in [1.82, 2.24) is 4.98 Å². The molecule has 0 fully saturated rings. The number of pyridine rings is 1. The summed E-state index contributed by atoms with van der Waals surface area (Å²) < 4.78 is 0. The Balaban J connectivity index is 1.69. The molecule has 0 bridgehead atoms. The third-order valence-corrected chi connectivity index (χ3v) is 10.2. The molecule has 1 heterocycles. The average molecular weight is 684 g/mol. The zero-order valence-corrected chi connectivity index (χ0v) is 33.6. The molecular formula is C51H57N. The van der Waals surface area contributed by atoms with Gasteiger partial charge in [-0.1, -0.05) is 180 Å². The maximum Gasteiger partial charge on any atom is 0.0715 e. The van der Waals surface area contributed by atoms with Crippen molar-refractivity contribution in [3.05, 3.63) is 150 Å². The molecule has 0 amide bonds. The summed E-state index contributed by atoms with van der Waals surface area (Å²) in [5.41, 5.74) is 16.9. The first-order valence-electron chi connectivity index (χ1n) is 18.9. The van der Waals surface area contributed by atoms with Gasteiger partial charge >= 0.3 is 0 Å². The first-order chi connectivity index (χ1) is 24.3. The highest BCUT2D eigenvalue weighted by Gasteiger charge is 2.24. The van der Waals surface area contributed by atoms with Gasteiger partial charge in [0, 0.05) is 11.1 Å². The molecule has 6 aromatic rings. The van der Waals surface area contributed by atoms with E-state index >= 15 is 0 Å². The fourth-order valence-corrected chi connectivity index (χ4v) is 6.66. The number of hydrogen-bond donors (Lipinski definition) is 0. The molecule has 1 nitrogen and oxygen atoms in total. The van der Waals surface area contributed by atoms with Gasteiger partial charge in [-0.3, -0.25) is 0 Å². The lowest BCUT2D eigenvalue weighted by Gasteiger charge is -2.27. The lowest BCUT2D eigenvalue weighted by Crippen LogP contribution is -2.16. The highest BCUT2D eigenvalue weighted by Crippen LogP contribution is 2.41. The summed E-state index contributed by atoms with van der Waals surface area (Å²) in [6, 6.07) is 47.4. The van der Waals surface area contributed by atoms with E-state index in [1.54, 1.807) is 0 Å². The Bertz CT molecular complexity index is 1980. The highest BCUT2D eigenvalue weighted by atomic mass is 14.7. The quantitative estimate of drug-likeness (QED) is 0.176. The van der Waals surface area contributed by atoms with Crippen molar-refractivity contribution in [1.29, 1.82) is 0 Å². The molecule has 52 heavy (non-hydrogen) atoms. The number of rotatable bonds is 5. The largest absolute Gasteiger partial charge is 0.248 e. The Morgan fingerprint density at radius 1 is 0.269 bits per heavy atom. The molecule has 0 radical (unpaired) electrons. The van der Waals surface area contributed by atoms with Gasteiger partial charge < -0.3 is 0 Å². The summed E-state index contributed by atoms with van der Waals surface area (Å²) in [5.74, 6) is 0. The van der Waals surface area contributed by atoms with Crippen LogP contribution in [0.4, 0.5) is 0 Å². The Morgan fingerprint density at radius 2 is 0.519 bits per heavy atom. The Kier molecular flexibility index (Phi) is 9.73. The van der Waals surface area contributed by atoms with Crippen molar-refractivity contribution in [3.63, 3.8) is 0 Å². The first-order valence-corrected chi connectivity index (χ1v) is 18.9. The fourth-order valence-electron chi connectivity index (χ4n) is 6.66. The van der Waals surface area contributed by atoms with Crippen LogP contribution in [0.3, 0.4) is 0 Å². The van der Waals surface area contributed by atoms with Crippen molar-refractivity contribution in [2.24, 2.45) is 0 Å². The molecule has 0 aliphatic rings.